The highest BCUT2D eigenvalue weighted by Crippen LogP contribution is 2.58. The van der Waals surface area contributed by atoms with Gasteiger partial charge in [0.2, 0.25) is 0 Å². The molecule has 214 valence electrons. The van der Waals surface area contributed by atoms with E-state index in [1.807, 2.05) is 86.6 Å². The van der Waals surface area contributed by atoms with Gasteiger partial charge < -0.3 is 15.4 Å². The number of nitrogen functional groups attached to an aromatic ring is 1. The smallest absolute Gasteiger partial charge is 0.275 e. The van der Waals surface area contributed by atoms with Crippen LogP contribution >= 0.6 is 0 Å². The molecular formula is C35H37N5O2. The summed E-state index contributed by atoms with van der Waals surface area (Å²) in [4.78, 5) is 20.8. The van der Waals surface area contributed by atoms with Crippen molar-refractivity contribution in [3.8, 4) is 11.5 Å². The minimum atomic E-state index is -1.05. The van der Waals surface area contributed by atoms with Crippen molar-refractivity contribution < 1.29 is 9.53 Å². The molecule has 0 aliphatic carbocycles. The molecule has 1 unspecified atom stereocenters. The number of hydrogen-bond acceptors (Lipinski definition) is 6. The molecule has 2 aliphatic rings. The summed E-state index contributed by atoms with van der Waals surface area (Å²) in [5.41, 5.74) is 11.9. The lowest BCUT2D eigenvalue weighted by Crippen LogP contribution is -2.44. The van der Waals surface area contributed by atoms with Crippen LogP contribution in [0, 0.1) is 6.92 Å². The van der Waals surface area contributed by atoms with Gasteiger partial charge in [-0.25, -0.2) is 5.01 Å². The summed E-state index contributed by atoms with van der Waals surface area (Å²) in [5, 5.41) is 6.33. The summed E-state index contributed by atoms with van der Waals surface area (Å²) in [5.74, 6) is 1.08. The zero-order valence-electron chi connectivity index (χ0n) is 24.8. The number of benzene rings is 4. The Labute approximate surface area is 248 Å². The zero-order chi connectivity index (χ0) is 29.9. The molecule has 1 amide bonds. The molecule has 0 aromatic heterocycles. The van der Waals surface area contributed by atoms with E-state index in [9.17, 15) is 4.79 Å². The molecule has 0 fully saturated rings. The van der Waals surface area contributed by atoms with Gasteiger partial charge in [0, 0.05) is 65.1 Å². The third-order valence-electron chi connectivity index (χ3n) is 7.69. The number of carbonyl (C=O) groups is 1. The highest BCUT2D eigenvalue weighted by atomic mass is 16.5. The number of ether oxygens (including phenoxy) is 1. The average molecular weight is 560 g/mol. The van der Waals surface area contributed by atoms with Crippen LogP contribution in [0.15, 0.2) is 95.0 Å². The van der Waals surface area contributed by atoms with E-state index in [1.54, 1.807) is 17.4 Å². The maximum absolute atomic E-state index is 14.1. The lowest BCUT2D eigenvalue weighted by atomic mass is 9.74. The van der Waals surface area contributed by atoms with Gasteiger partial charge in [0.25, 0.3) is 5.91 Å². The minimum Gasteiger partial charge on any atom is -0.456 e. The van der Waals surface area contributed by atoms with Crippen LogP contribution in [0.4, 0.5) is 17.1 Å². The number of anilines is 2. The van der Waals surface area contributed by atoms with E-state index in [4.69, 9.17) is 15.6 Å². The fraction of sp³-hybridized carbons (Fsp3) is 0.229. The number of nitrogens with zero attached hydrogens (tertiary/aromatic N) is 4. The van der Waals surface area contributed by atoms with E-state index in [-0.39, 0.29) is 5.91 Å². The Morgan fingerprint density at radius 3 is 2.29 bits per heavy atom. The molecule has 2 aliphatic heterocycles. The van der Waals surface area contributed by atoms with Crippen LogP contribution in [-0.2, 0) is 5.54 Å². The maximum Gasteiger partial charge on any atom is 0.275 e. The standard InChI is InChI=1S/C33H31N5O2.C2H6/c1-4-37(5-2)29-21-31-28(19-22(29)3)33(27-16-15-23(34)20-30(27)40-31)26-14-10-9-13-25(26)32(39)38(33)36-18-17-35-24-11-7-6-8-12-24;1-2/h6-21H,4-5,34H2,1-3H3;1-2H3/b35-17?,36-18+;. The molecule has 0 saturated heterocycles. The number of amides is 1. The van der Waals surface area contributed by atoms with Crippen LogP contribution in [0.1, 0.15) is 60.3 Å². The van der Waals surface area contributed by atoms with Crippen LogP contribution in [-0.4, -0.2) is 36.4 Å². The third-order valence-corrected chi connectivity index (χ3v) is 7.69. The number of rotatable bonds is 6. The molecule has 1 spiro atoms. The first-order chi connectivity index (χ1) is 20.5. The summed E-state index contributed by atoms with van der Waals surface area (Å²) in [6.07, 6.45) is 3.18. The molecule has 2 N–H and O–H groups in total. The van der Waals surface area contributed by atoms with Crippen molar-refractivity contribution in [2.45, 2.75) is 40.2 Å². The Hall–Kier alpha value is -4.91. The number of para-hydroxylation sites is 1. The largest absolute Gasteiger partial charge is 0.456 e. The highest BCUT2D eigenvalue weighted by molar-refractivity contribution is 6.17. The summed E-state index contributed by atoms with van der Waals surface area (Å²) in [7, 11) is 0. The SMILES string of the molecule is CC.CCN(CC)c1cc2c(cc1C)C1(c3ccc(N)cc3O2)c2ccccc2C(=O)N1/N=C/C=Nc1ccccc1. The van der Waals surface area contributed by atoms with Gasteiger partial charge in [-0.1, -0.05) is 56.3 Å². The molecule has 1 atom stereocenters. The van der Waals surface area contributed by atoms with Crippen molar-refractivity contribution >= 4 is 35.4 Å². The lowest BCUT2D eigenvalue weighted by molar-refractivity contribution is 0.0675. The van der Waals surface area contributed by atoms with Crippen LogP contribution in [0.5, 0.6) is 11.5 Å². The second-order valence-electron chi connectivity index (χ2n) is 9.92. The van der Waals surface area contributed by atoms with E-state index in [0.717, 1.165) is 46.7 Å². The number of aliphatic imine (C=N–C) groups is 1. The molecular weight excluding hydrogens is 522 g/mol. The predicted molar refractivity (Wildman–Crippen MR) is 173 cm³/mol. The molecule has 0 saturated carbocycles. The van der Waals surface area contributed by atoms with Gasteiger partial charge in [-0.15, -0.1) is 0 Å². The fourth-order valence-electron chi connectivity index (χ4n) is 5.89. The van der Waals surface area contributed by atoms with Gasteiger partial charge in [-0.05, 0) is 56.7 Å². The van der Waals surface area contributed by atoms with Crippen molar-refractivity contribution in [3.63, 3.8) is 0 Å². The number of nitrogens with two attached hydrogens (primary N) is 1. The second kappa shape index (κ2) is 11.9. The number of aryl methyl sites for hydroxylation is 1. The summed E-state index contributed by atoms with van der Waals surface area (Å²) >= 11 is 0. The van der Waals surface area contributed by atoms with Gasteiger partial charge in [0.15, 0.2) is 0 Å². The molecule has 6 rings (SSSR count). The molecule has 42 heavy (non-hydrogen) atoms. The number of carbonyl (C=O) groups excluding carboxylic acids is 1. The van der Waals surface area contributed by atoms with E-state index < -0.39 is 5.54 Å². The molecule has 0 bridgehead atoms. The van der Waals surface area contributed by atoms with Gasteiger partial charge in [-0.2, -0.15) is 5.10 Å². The first-order valence-corrected chi connectivity index (χ1v) is 14.5. The zero-order valence-corrected chi connectivity index (χ0v) is 24.8. The van der Waals surface area contributed by atoms with Crippen molar-refractivity contribution in [1.29, 1.82) is 0 Å². The van der Waals surface area contributed by atoms with Crippen molar-refractivity contribution in [3.05, 3.63) is 113 Å². The van der Waals surface area contributed by atoms with Gasteiger partial charge in [0.1, 0.15) is 17.0 Å². The van der Waals surface area contributed by atoms with Crippen LogP contribution < -0.4 is 15.4 Å². The molecule has 4 aromatic carbocycles. The van der Waals surface area contributed by atoms with E-state index in [2.05, 4.69) is 42.8 Å². The molecule has 7 heteroatoms. The summed E-state index contributed by atoms with van der Waals surface area (Å²) in [6, 6.07) is 27.1. The Kier molecular flexibility index (Phi) is 8.11. The first-order valence-electron chi connectivity index (χ1n) is 14.5. The number of hydrazone groups is 1. The average Bonchev–Trinajstić information content (AvgIpc) is 3.26. The first kappa shape index (κ1) is 28.6. The highest BCUT2D eigenvalue weighted by Gasteiger charge is 2.57. The molecule has 0 radical (unpaired) electrons. The second-order valence-corrected chi connectivity index (χ2v) is 9.92. The van der Waals surface area contributed by atoms with E-state index in [1.165, 1.54) is 0 Å². The topological polar surface area (TPSA) is 83.5 Å². The lowest BCUT2D eigenvalue weighted by Gasteiger charge is -2.42. The maximum atomic E-state index is 14.1. The fourth-order valence-corrected chi connectivity index (χ4v) is 5.89. The third kappa shape index (κ3) is 4.61. The molecule has 7 nitrogen and oxygen atoms in total. The molecule has 4 aromatic rings. The Morgan fingerprint density at radius 1 is 0.857 bits per heavy atom. The summed E-state index contributed by atoms with van der Waals surface area (Å²) in [6.45, 7) is 12.1. The van der Waals surface area contributed by atoms with Crippen molar-refractivity contribution in [2.24, 2.45) is 10.1 Å². The number of hydrogen-bond donors (Lipinski definition) is 1. The van der Waals surface area contributed by atoms with Gasteiger partial charge >= 0.3 is 0 Å². The van der Waals surface area contributed by atoms with Gasteiger partial charge in [0.05, 0.1) is 11.9 Å². The van der Waals surface area contributed by atoms with Crippen LogP contribution in [0.3, 0.4) is 0 Å². The van der Waals surface area contributed by atoms with E-state index in [0.29, 0.717) is 22.7 Å². The minimum absolute atomic E-state index is 0.193. The summed E-state index contributed by atoms with van der Waals surface area (Å²) < 4.78 is 6.54. The Bertz CT molecular complexity index is 1660. The normalized spacial score (nSPS) is 16.6. The predicted octanol–water partition coefficient (Wildman–Crippen LogP) is 7.69. The van der Waals surface area contributed by atoms with Crippen molar-refractivity contribution in [2.75, 3.05) is 23.7 Å². The van der Waals surface area contributed by atoms with Crippen LogP contribution in [0.25, 0.3) is 0 Å². The van der Waals surface area contributed by atoms with Crippen LogP contribution in [0.2, 0.25) is 0 Å². The number of fused-ring (bicyclic) bond motifs is 6. The monoisotopic (exact) mass is 559 g/mol. The Morgan fingerprint density at radius 2 is 1.55 bits per heavy atom. The van der Waals surface area contributed by atoms with Crippen molar-refractivity contribution in [1.82, 2.24) is 5.01 Å². The van der Waals surface area contributed by atoms with E-state index >= 15 is 0 Å². The Balaban J connectivity index is 0.00000173. The van der Waals surface area contributed by atoms with Gasteiger partial charge in [-0.3, -0.25) is 9.79 Å². The quantitative estimate of drug-likeness (QED) is 0.194. The molecule has 2 heterocycles.